The van der Waals surface area contributed by atoms with Gasteiger partial charge in [0.15, 0.2) is 12.1 Å². The van der Waals surface area contributed by atoms with Crippen molar-refractivity contribution in [3.05, 3.63) is 23.8 Å². The number of carbonyl (C=O) groups excluding carboxylic acids is 2. The Morgan fingerprint density at radius 3 is 2.37 bits per heavy atom. The topological polar surface area (TPSA) is 184 Å². The van der Waals surface area contributed by atoms with Crippen LogP contribution in [0.15, 0.2) is 23.8 Å². The van der Waals surface area contributed by atoms with Crippen molar-refractivity contribution in [3.8, 4) is 0 Å². The third-order valence-corrected chi connectivity index (χ3v) is 8.82. The van der Waals surface area contributed by atoms with Crippen LogP contribution in [-0.4, -0.2) is 127 Å². The van der Waals surface area contributed by atoms with Crippen LogP contribution < -0.4 is 11.1 Å². The van der Waals surface area contributed by atoms with E-state index < -0.39 is 66.6 Å². The lowest BCUT2D eigenvalue weighted by Crippen LogP contribution is -2.55. The summed E-state index contributed by atoms with van der Waals surface area (Å²) >= 11 is 0. The summed E-state index contributed by atoms with van der Waals surface area (Å²) in [5, 5.41) is 46.8. The second-order valence-corrected chi connectivity index (χ2v) is 12.9. The maximum atomic E-state index is 13.4. The first-order valence-electron chi connectivity index (χ1n) is 16.8. The van der Waals surface area contributed by atoms with Gasteiger partial charge in [-0.3, -0.25) is 9.59 Å². The Bertz CT molecular complexity index is 937. The van der Waals surface area contributed by atoms with Gasteiger partial charge in [-0.2, -0.15) is 0 Å². The molecule has 12 heteroatoms. The number of aliphatic hydroxyl groups is 4. The van der Waals surface area contributed by atoms with Gasteiger partial charge in [0.05, 0.1) is 37.4 Å². The molecule has 1 heterocycles. The molecular formula is C34H63N3O9. The molecule has 1 aliphatic rings. The van der Waals surface area contributed by atoms with Crippen LogP contribution in [0.5, 0.6) is 0 Å². The van der Waals surface area contributed by atoms with E-state index in [-0.39, 0.29) is 31.3 Å². The molecule has 11 atom stereocenters. The third kappa shape index (κ3) is 13.8. The summed E-state index contributed by atoms with van der Waals surface area (Å²) in [4.78, 5) is 28.2. The van der Waals surface area contributed by atoms with Crippen LogP contribution in [0.1, 0.15) is 67.2 Å². The second-order valence-electron chi connectivity index (χ2n) is 12.9. The molecular weight excluding hydrogens is 594 g/mol. The van der Waals surface area contributed by atoms with E-state index in [0.29, 0.717) is 38.9 Å². The average molecular weight is 658 g/mol. The highest BCUT2D eigenvalue weighted by Crippen LogP contribution is 2.32. The summed E-state index contributed by atoms with van der Waals surface area (Å²) in [6.45, 7) is 12.2. The number of ether oxygens (including phenoxy) is 3. The zero-order valence-electron chi connectivity index (χ0n) is 29.3. The quantitative estimate of drug-likeness (QED) is 0.0847. The van der Waals surface area contributed by atoms with Crippen LogP contribution in [0.25, 0.3) is 0 Å². The normalized spacial score (nSPS) is 31.9. The van der Waals surface area contributed by atoms with Crippen molar-refractivity contribution >= 4 is 11.8 Å². The van der Waals surface area contributed by atoms with Crippen LogP contribution in [0, 0.1) is 23.7 Å². The standard InChI is InChI=1S/C34H63N3O9/c1-9-29-26(20-38)17-21(3)11-12-27(40)22(4)18-25(13-15-36-16-14-35)33(23(5)28(41)19-30(42)45-29)46-34(44-10-2)32(43)31(24(6)39)37(7)8/h11-12,17,22-26,28-29,31-34,36,38-39,41,43H,9-10,13-16,18-20,35H2,1-8H3/b12-11+,21-17+/t22-,23+,24-,25+,26-,28-,29-,31?,32?,33-,34+/m1/s1. The largest absolute Gasteiger partial charge is 0.462 e. The number of allylic oxidation sites excluding steroid dienone is 3. The van der Waals surface area contributed by atoms with Gasteiger partial charge >= 0.3 is 5.97 Å². The molecule has 1 rings (SSSR count). The molecule has 2 unspecified atom stereocenters. The van der Waals surface area contributed by atoms with Crippen molar-refractivity contribution in [2.75, 3.05) is 46.9 Å². The molecule has 0 aliphatic carbocycles. The molecule has 0 saturated heterocycles. The number of ketones is 1. The van der Waals surface area contributed by atoms with E-state index in [9.17, 15) is 30.0 Å². The number of likely N-dealkylation sites (N-methyl/N-ethyl adjacent to an activating group) is 1. The number of hydrogen-bond donors (Lipinski definition) is 6. The van der Waals surface area contributed by atoms with Gasteiger partial charge in [0.1, 0.15) is 12.2 Å². The van der Waals surface area contributed by atoms with Crippen LogP contribution in [0.3, 0.4) is 0 Å². The van der Waals surface area contributed by atoms with E-state index in [0.717, 1.165) is 5.57 Å². The zero-order valence-corrected chi connectivity index (χ0v) is 29.3. The van der Waals surface area contributed by atoms with Crippen molar-refractivity contribution in [1.82, 2.24) is 10.2 Å². The van der Waals surface area contributed by atoms with Gasteiger partial charge in [0.2, 0.25) is 0 Å². The van der Waals surface area contributed by atoms with Gasteiger partial charge in [-0.1, -0.05) is 38.5 Å². The summed E-state index contributed by atoms with van der Waals surface area (Å²) in [5.74, 6) is -2.57. The Labute approximate surface area is 276 Å². The lowest BCUT2D eigenvalue weighted by atomic mass is 9.79. The molecule has 268 valence electrons. The number of hydrogen-bond acceptors (Lipinski definition) is 12. The number of rotatable bonds is 15. The summed E-state index contributed by atoms with van der Waals surface area (Å²) < 4.78 is 18.3. The van der Waals surface area contributed by atoms with Gasteiger partial charge in [-0.05, 0) is 72.7 Å². The predicted octanol–water partition coefficient (Wildman–Crippen LogP) is 1.39. The Morgan fingerprint density at radius 1 is 1.15 bits per heavy atom. The van der Waals surface area contributed by atoms with Crippen molar-refractivity contribution in [3.63, 3.8) is 0 Å². The fourth-order valence-electron chi connectivity index (χ4n) is 6.20. The van der Waals surface area contributed by atoms with Crippen LogP contribution >= 0.6 is 0 Å². The van der Waals surface area contributed by atoms with Gasteiger partial charge in [-0.25, -0.2) is 0 Å². The zero-order chi connectivity index (χ0) is 35.0. The molecule has 46 heavy (non-hydrogen) atoms. The minimum Gasteiger partial charge on any atom is -0.462 e. The second kappa shape index (κ2) is 22.0. The number of nitrogens with one attached hydrogen (secondary N) is 1. The Morgan fingerprint density at radius 2 is 1.83 bits per heavy atom. The molecule has 0 bridgehead atoms. The molecule has 0 fully saturated rings. The monoisotopic (exact) mass is 657 g/mol. The minimum absolute atomic E-state index is 0.0890. The molecule has 0 amide bonds. The Kier molecular flexibility index (Phi) is 20.2. The molecule has 0 aromatic heterocycles. The average Bonchev–Trinajstić information content (AvgIpc) is 2.99. The van der Waals surface area contributed by atoms with Gasteiger partial charge in [0, 0.05) is 37.5 Å². The van der Waals surface area contributed by atoms with Crippen molar-refractivity contribution < 1.29 is 44.2 Å². The molecule has 0 radical (unpaired) electrons. The van der Waals surface area contributed by atoms with Gasteiger partial charge in [0.25, 0.3) is 0 Å². The summed E-state index contributed by atoms with van der Waals surface area (Å²) in [7, 11) is 3.48. The van der Waals surface area contributed by atoms with Crippen molar-refractivity contribution in [2.24, 2.45) is 29.4 Å². The van der Waals surface area contributed by atoms with E-state index in [1.165, 1.54) is 6.08 Å². The predicted molar refractivity (Wildman–Crippen MR) is 178 cm³/mol. The fraction of sp³-hybridized carbons (Fsp3) is 0.824. The van der Waals surface area contributed by atoms with Crippen molar-refractivity contribution in [1.29, 1.82) is 0 Å². The molecule has 0 spiro atoms. The maximum Gasteiger partial charge on any atom is 0.308 e. The van der Waals surface area contributed by atoms with E-state index in [2.05, 4.69) is 5.32 Å². The van der Waals surface area contributed by atoms with Crippen LogP contribution in [-0.2, 0) is 23.8 Å². The van der Waals surface area contributed by atoms with Crippen LogP contribution in [0.4, 0.5) is 0 Å². The molecule has 0 aromatic carbocycles. The SMILES string of the molecule is CCO[C@@H](O[C@H]1[C@@H](CCNCCN)C[C@@H](C)C(=O)/C=C/C(C)=C/[C@H](CO)[C@@H](CC)OC(=O)C[C@@H](O)[C@@H]1C)C(O)C([C@@H](C)O)N(C)C. The Hall–Kier alpha value is -1.74. The summed E-state index contributed by atoms with van der Waals surface area (Å²) in [6, 6.07) is -0.727. The van der Waals surface area contributed by atoms with Gasteiger partial charge in [-0.15, -0.1) is 0 Å². The van der Waals surface area contributed by atoms with E-state index in [4.69, 9.17) is 19.9 Å². The molecule has 7 N–H and O–H groups in total. The van der Waals surface area contributed by atoms with Gasteiger partial charge < -0.3 is 50.6 Å². The van der Waals surface area contributed by atoms with E-state index >= 15 is 0 Å². The van der Waals surface area contributed by atoms with Crippen molar-refractivity contribution in [2.45, 2.75) is 110 Å². The summed E-state index contributed by atoms with van der Waals surface area (Å²) in [5.41, 5.74) is 6.44. The fourth-order valence-corrected chi connectivity index (χ4v) is 6.20. The highest BCUT2D eigenvalue weighted by atomic mass is 16.7. The number of carbonyl (C=O) groups is 2. The minimum atomic E-state index is -1.27. The molecule has 0 saturated carbocycles. The Balaban J connectivity index is 3.69. The molecule has 12 nitrogen and oxygen atoms in total. The first kappa shape index (κ1) is 42.3. The molecule has 1 aliphatic heterocycles. The van der Waals surface area contributed by atoms with Crippen LogP contribution in [0.2, 0.25) is 0 Å². The highest BCUT2D eigenvalue weighted by Gasteiger charge is 2.41. The van der Waals surface area contributed by atoms with E-state index in [1.807, 2.05) is 20.8 Å². The first-order chi connectivity index (χ1) is 21.7. The number of nitrogens with zero attached hydrogens (tertiary/aromatic N) is 1. The smallest absolute Gasteiger partial charge is 0.308 e. The number of aliphatic hydroxyl groups excluding tert-OH is 4. The first-order valence-corrected chi connectivity index (χ1v) is 16.8. The third-order valence-electron chi connectivity index (χ3n) is 8.82. The maximum absolute atomic E-state index is 13.4. The molecule has 0 aromatic rings. The number of nitrogens with two attached hydrogens (primary N) is 1. The summed E-state index contributed by atoms with van der Waals surface area (Å²) in [6.07, 6.45) is 0.134. The lowest BCUT2D eigenvalue weighted by Gasteiger charge is -2.41. The number of esters is 1. The highest BCUT2D eigenvalue weighted by molar-refractivity contribution is 5.91. The number of cyclic esters (lactones) is 1. The van der Waals surface area contributed by atoms with E-state index in [1.54, 1.807) is 51.9 Å². The lowest BCUT2D eigenvalue weighted by molar-refractivity contribution is -0.251.